The Labute approximate surface area is 124 Å². The van der Waals surface area contributed by atoms with Crippen LogP contribution in [0.15, 0.2) is 30.5 Å². The summed E-state index contributed by atoms with van der Waals surface area (Å²) < 4.78 is 0. The number of para-hydroxylation sites is 2. The van der Waals surface area contributed by atoms with Gasteiger partial charge in [-0.15, -0.1) is 0 Å². The van der Waals surface area contributed by atoms with Crippen LogP contribution in [0.2, 0.25) is 0 Å². The first kappa shape index (κ1) is 13.9. The number of fused-ring (bicyclic) bond motifs is 1. The molecular weight excluding hydrogens is 264 g/mol. The Kier molecular flexibility index (Phi) is 4.10. The van der Waals surface area contributed by atoms with Gasteiger partial charge in [-0.2, -0.15) is 0 Å². The van der Waals surface area contributed by atoms with E-state index in [4.69, 9.17) is 0 Å². The average Bonchev–Trinajstić information content (AvgIpc) is 3.05. The Morgan fingerprint density at radius 1 is 1.38 bits per heavy atom. The van der Waals surface area contributed by atoms with E-state index in [1.165, 1.54) is 0 Å². The van der Waals surface area contributed by atoms with Crippen molar-refractivity contribution in [2.45, 2.75) is 25.8 Å². The standard InChI is InChI=1S/C16H20N4O/c1-2-9-20(12-7-8-17-10-12)16(21)15-11-18-13-5-3-4-6-14(13)19-15/h3-6,11-12,17H,2,7-10H2,1H3. The van der Waals surface area contributed by atoms with E-state index in [2.05, 4.69) is 22.2 Å². The van der Waals surface area contributed by atoms with Gasteiger partial charge in [0.2, 0.25) is 0 Å². The van der Waals surface area contributed by atoms with Crippen molar-refractivity contribution >= 4 is 16.9 Å². The van der Waals surface area contributed by atoms with E-state index >= 15 is 0 Å². The molecule has 2 aromatic rings. The molecule has 1 aromatic carbocycles. The molecule has 1 fully saturated rings. The Hall–Kier alpha value is -2.01. The first-order valence-corrected chi connectivity index (χ1v) is 7.53. The lowest BCUT2D eigenvalue weighted by molar-refractivity contribution is 0.0686. The van der Waals surface area contributed by atoms with Gasteiger partial charge in [-0.05, 0) is 31.5 Å². The topological polar surface area (TPSA) is 58.1 Å². The van der Waals surface area contributed by atoms with Crippen LogP contribution in [0.4, 0.5) is 0 Å². The Morgan fingerprint density at radius 2 is 2.19 bits per heavy atom. The minimum absolute atomic E-state index is 0.0104. The molecule has 0 spiro atoms. The number of aromatic nitrogens is 2. The van der Waals surface area contributed by atoms with Crippen LogP contribution in [0.3, 0.4) is 0 Å². The third-order valence-electron chi connectivity index (χ3n) is 3.87. The number of carbonyl (C=O) groups is 1. The number of amides is 1. The lowest BCUT2D eigenvalue weighted by Crippen LogP contribution is -2.42. The molecule has 1 aliphatic heterocycles. The third-order valence-corrected chi connectivity index (χ3v) is 3.87. The second kappa shape index (κ2) is 6.18. The van der Waals surface area contributed by atoms with Crippen molar-refractivity contribution in [3.8, 4) is 0 Å². The minimum Gasteiger partial charge on any atom is -0.333 e. The Morgan fingerprint density at radius 3 is 2.90 bits per heavy atom. The maximum absolute atomic E-state index is 12.8. The van der Waals surface area contributed by atoms with Crippen LogP contribution in [0, 0.1) is 0 Å². The Balaban J connectivity index is 1.89. The van der Waals surface area contributed by atoms with Crippen molar-refractivity contribution in [1.82, 2.24) is 20.2 Å². The lowest BCUT2D eigenvalue weighted by Gasteiger charge is -2.27. The molecule has 2 heterocycles. The van der Waals surface area contributed by atoms with Crippen LogP contribution >= 0.6 is 0 Å². The predicted molar refractivity (Wildman–Crippen MR) is 82.1 cm³/mol. The van der Waals surface area contributed by atoms with Crippen molar-refractivity contribution in [1.29, 1.82) is 0 Å². The van der Waals surface area contributed by atoms with Crippen molar-refractivity contribution < 1.29 is 4.79 Å². The maximum atomic E-state index is 12.8. The lowest BCUT2D eigenvalue weighted by atomic mass is 10.2. The number of rotatable bonds is 4. The van der Waals surface area contributed by atoms with E-state index in [9.17, 15) is 4.79 Å². The van der Waals surface area contributed by atoms with Gasteiger partial charge >= 0.3 is 0 Å². The van der Waals surface area contributed by atoms with Gasteiger partial charge in [0.1, 0.15) is 5.69 Å². The number of nitrogens with zero attached hydrogens (tertiary/aromatic N) is 3. The normalized spacial score (nSPS) is 18.0. The predicted octanol–water partition coefficient (Wildman–Crippen LogP) is 1.84. The second-order valence-electron chi connectivity index (χ2n) is 5.39. The molecule has 1 atom stereocenters. The molecule has 0 aliphatic carbocycles. The molecule has 1 aromatic heterocycles. The van der Waals surface area contributed by atoms with Crippen LogP contribution in [0.25, 0.3) is 11.0 Å². The van der Waals surface area contributed by atoms with Crippen molar-refractivity contribution in [3.05, 3.63) is 36.2 Å². The first-order valence-electron chi connectivity index (χ1n) is 7.53. The summed E-state index contributed by atoms with van der Waals surface area (Å²) in [6.45, 7) is 4.70. The molecule has 1 saturated heterocycles. The highest BCUT2D eigenvalue weighted by Crippen LogP contribution is 2.15. The smallest absolute Gasteiger partial charge is 0.274 e. The zero-order valence-electron chi connectivity index (χ0n) is 12.2. The third kappa shape index (κ3) is 2.88. The van der Waals surface area contributed by atoms with E-state index in [0.29, 0.717) is 5.69 Å². The molecule has 3 rings (SSSR count). The summed E-state index contributed by atoms with van der Waals surface area (Å²) in [7, 11) is 0. The molecule has 5 heteroatoms. The van der Waals surface area contributed by atoms with E-state index in [0.717, 1.165) is 43.5 Å². The van der Waals surface area contributed by atoms with Gasteiger partial charge in [0, 0.05) is 19.1 Å². The fourth-order valence-corrected chi connectivity index (χ4v) is 2.80. The zero-order chi connectivity index (χ0) is 14.7. The highest BCUT2D eigenvalue weighted by atomic mass is 16.2. The molecule has 1 unspecified atom stereocenters. The van der Waals surface area contributed by atoms with Gasteiger partial charge < -0.3 is 10.2 Å². The quantitative estimate of drug-likeness (QED) is 0.931. The van der Waals surface area contributed by atoms with Crippen LogP contribution < -0.4 is 5.32 Å². The summed E-state index contributed by atoms with van der Waals surface area (Å²) in [6.07, 6.45) is 3.55. The van der Waals surface area contributed by atoms with Gasteiger partial charge in [-0.25, -0.2) is 4.98 Å². The number of carbonyl (C=O) groups excluding carboxylic acids is 1. The Bertz CT molecular complexity index is 637. The number of benzene rings is 1. The van der Waals surface area contributed by atoms with Gasteiger partial charge in [-0.1, -0.05) is 19.1 Å². The first-order chi connectivity index (χ1) is 10.3. The fraction of sp³-hybridized carbons (Fsp3) is 0.438. The van der Waals surface area contributed by atoms with Crippen molar-refractivity contribution in [2.75, 3.05) is 19.6 Å². The largest absolute Gasteiger partial charge is 0.333 e. The highest BCUT2D eigenvalue weighted by Gasteiger charge is 2.27. The summed E-state index contributed by atoms with van der Waals surface area (Å²) in [5.74, 6) is -0.0104. The van der Waals surface area contributed by atoms with Crippen LogP contribution in [0.5, 0.6) is 0 Å². The van der Waals surface area contributed by atoms with E-state index < -0.39 is 0 Å². The van der Waals surface area contributed by atoms with E-state index in [1.807, 2.05) is 29.2 Å². The molecule has 0 bridgehead atoms. The van der Waals surface area contributed by atoms with Gasteiger partial charge in [0.05, 0.1) is 17.2 Å². The maximum Gasteiger partial charge on any atom is 0.274 e. The monoisotopic (exact) mass is 284 g/mol. The molecule has 1 N–H and O–H groups in total. The van der Waals surface area contributed by atoms with Crippen molar-refractivity contribution in [2.24, 2.45) is 0 Å². The van der Waals surface area contributed by atoms with Gasteiger partial charge in [-0.3, -0.25) is 9.78 Å². The van der Waals surface area contributed by atoms with Gasteiger partial charge in [0.15, 0.2) is 0 Å². The van der Waals surface area contributed by atoms with Gasteiger partial charge in [0.25, 0.3) is 5.91 Å². The minimum atomic E-state index is -0.0104. The number of hydrogen-bond acceptors (Lipinski definition) is 4. The molecule has 1 aliphatic rings. The fourth-order valence-electron chi connectivity index (χ4n) is 2.80. The molecule has 0 saturated carbocycles. The number of hydrogen-bond donors (Lipinski definition) is 1. The summed E-state index contributed by atoms with van der Waals surface area (Å²) in [6, 6.07) is 7.90. The molecule has 0 radical (unpaired) electrons. The van der Waals surface area contributed by atoms with E-state index in [1.54, 1.807) is 6.20 Å². The SMILES string of the molecule is CCCN(C(=O)c1cnc2ccccc2n1)C1CCNC1. The summed E-state index contributed by atoms with van der Waals surface area (Å²) >= 11 is 0. The molecular formula is C16H20N4O. The number of nitrogens with one attached hydrogen (secondary N) is 1. The average molecular weight is 284 g/mol. The summed E-state index contributed by atoms with van der Waals surface area (Å²) in [5.41, 5.74) is 2.03. The molecule has 1 amide bonds. The van der Waals surface area contributed by atoms with Crippen LogP contribution in [0.1, 0.15) is 30.3 Å². The highest BCUT2D eigenvalue weighted by molar-refractivity contribution is 5.94. The van der Waals surface area contributed by atoms with Crippen LogP contribution in [-0.4, -0.2) is 46.5 Å². The summed E-state index contributed by atoms with van der Waals surface area (Å²) in [4.78, 5) is 23.5. The second-order valence-corrected chi connectivity index (χ2v) is 5.39. The summed E-state index contributed by atoms with van der Waals surface area (Å²) in [5, 5.41) is 3.32. The zero-order valence-corrected chi connectivity index (χ0v) is 12.2. The molecule has 21 heavy (non-hydrogen) atoms. The van der Waals surface area contributed by atoms with Crippen molar-refractivity contribution in [3.63, 3.8) is 0 Å². The van der Waals surface area contributed by atoms with Crippen LogP contribution in [-0.2, 0) is 0 Å². The molecule has 5 nitrogen and oxygen atoms in total. The van der Waals surface area contributed by atoms with E-state index in [-0.39, 0.29) is 11.9 Å². The molecule has 110 valence electrons.